The van der Waals surface area contributed by atoms with Crippen LogP contribution in [0, 0.1) is 17.6 Å². The van der Waals surface area contributed by atoms with Gasteiger partial charge in [0.2, 0.25) is 17.7 Å². The molecule has 5 amide bonds. The number of carbonyl (C=O) groups is 5. The van der Waals surface area contributed by atoms with Crippen molar-refractivity contribution < 1.29 is 46.6 Å². The molecule has 6 heterocycles. The third kappa shape index (κ3) is 7.55. The predicted molar refractivity (Wildman–Crippen MR) is 214 cm³/mol. The Morgan fingerprint density at radius 3 is 2.05 bits per heavy atom. The predicted octanol–water partition coefficient (Wildman–Crippen LogP) is 5.29. The molecule has 12 nitrogen and oxygen atoms in total. The zero-order valence-electron chi connectivity index (χ0n) is 34.1. The number of benzene rings is 3. The highest BCUT2D eigenvalue weighted by molar-refractivity contribution is 6.23. The van der Waals surface area contributed by atoms with Gasteiger partial charge in [0, 0.05) is 68.8 Å². The molecule has 0 aromatic heterocycles. The van der Waals surface area contributed by atoms with Gasteiger partial charge in [-0.3, -0.25) is 39.1 Å². The van der Waals surface area contributed by atoms with E-state index in [0.717, 1.165) is 48.9 Å². The van der Waals surface area contributed by atoms with Crippen molar-refractivity contribution >= 4 is 35.2 Å². The lowest BCUT2D eigenvalue weighted by Crippen LogP contribution is -2.54. The van der Waals surface area contributed by atoms with E-state index >= 15 is 8.78 Å². The Kier molecular flexibility index (Phi) is 10.4. The van der Waals surface area contributed by atoms with Crippen molar-refractivity contribution in [2.75, 3.05) is 37.6 Å². The molecule has 9 rings (SSSR count). The zero-order chi connectivity index (χ0) is 43.1. The lowest BCUT2D eigenvalue weighted by Gasteiger charge is -2.44. The Labute approximate surface area is 350 Å². The minimum Gasteiger partial charge on any atom is -0.508 e. The van der Waals surface area contributed by atoms with Gasteiger partial charge in [0.25, 0.3) is 17.7 Å². The van der Waals surface area contributed by atoms with Gasteiger partial charge in [0.15, 0.2) is 0 Å². The minimum atomic E-state index is -3.11. The number of phenolic OH excluding ortho intramolecular Hbond substituents is 1. The highest BCUT2D eigenvalue weighted by atomic mass is 19.3. The largest absolute Gasteiger partial charge is 0.508 e. The van der Waals surface area contributed by atoms with Gasteiger partial charge in [0.05, 0.1) is 23.7 Å². The van der Waals surface area contributed by atoms with Gasteiger partial charge in [-0.25, -0.2) is 17.6 Å². The fourth-order valence-corrected chi connectivity index (χ4v) is 10.6. The highest BCUT2D eigenvalue weighted by Crippen LogP contribution is 2.43. The Morgan fingerprint density at radius 2 is 1.46 bits per heavy atom. The standard InChI is InChI=1S/C45H48F4N6O6/c1-24-15-26-16-31(56)3-4-32(26)40(54(24)23-45(2,48)49)39-35(46)19-30(20-36(39)47)52-13-9-29(10-14-52)51-11-7-25(8-12-51)42(59)53-21-27-17-33-34(18-28(27)22-53)44(61)55(43(33)60)37-5-6-38(57)50-41(37)58/h3-4,16-20,24-25,29,37,40,56H,5-15,21-23H2,1-2H3,(H,50,57,58)/t24-,37?,40+/m1/s1. The summed E-state index contributed by atoms with van der Waals surface area (Å²) in [6, 6.07) is 8.04. The Morgan fingerprint density at radius 1 is 0.836 bits per heavy atom. The van der Waals surface area contributed by atoms with Gasteiger partial charge in [-0.2, -0.15) is 0 Å². The maximum Gasteiger partial charge on any atom is 0.262 e. The summed E-state index contributed by atoms with van der Waals surface area (Å²) in [4.78, 5) is 73.0. The second kappa shape index (κ2) is 15.5. The van der Waals surface area contributed by atoms with Crippen LogP contribution in [-0.4, -0.2) is 111 Å². The quantitative estimate of drug-likeness (QED) is 0.241. The second-order valence-corrected chi connectivity index (χ2v) is 17.7. The van der Waals surface area contributed by atoms with Crippen molar-refractivity contribution in [1.29, 1.82) is 0 Å². The van der Waals surface area contributed by atoms with E-state index in [1.165, 1.54) is 29.2 Å². The van der Waals surface area contributed by atoms with Crippen molar-refractivity contribution in [2.24, 2.45) is 5.92 Å². The second-order valence-electron chi connectivity index (χ2n) is 17.7. The molecule has 0 saturated carbocycles. The third-order valence-corrected chi connectivity index (χ3v) is 13.7. The number of phenols is 1. The Balaban J connectivity index is 0.802. The SMILES string of the molecule is C[C@@H]1Cc2cc(O)ccc2[C@@H](c2c(F)cc(N3CCC(N4CCC(C(=O)N5Cc6cc7c(cc6C5)C(=O)N(C5CCC(=O)NC5=O)C7=O)CC4)CC3)cc2F)N1CC(C)(F)F. The minimum absolute atomic E-state index is 0.00147. The van der Waals surface area contributed by atoms with Crippen molar-refractivity contribution in [3.63, 3.8) is 0 Å². The molecule has 6 aliphatic rings. The number of anilines is 1. The monoisotopic (exact) mass is 844 g/mol. The van der Waals surface area contributed by atoms with Gasteiger partial charge in [-0.1, -0.05) is 6.07 Å². The number of imide groups is 2. The number of halogens is 4. The van der Waals surface area contributed by atoms with Crippen LogP contribution in [0.1, 0.15) is 107 Å². The summed E-state index contributed by atoms with van der Waals surface area (Å²) in [6.45, 7) is 5.04. The van der Waals surface area contributed by atoms with E-state index in [1.807, 2.05) is 4.90 Å². The molecule has 61 heavy (non-hydrogen) atoms. The number of rotatable bonds is 7. The molecule has 6 aliphatic heterocycles. The molecule has 0 radical (unpaired) electrons. The molecule has 2 N–H and O–H groups in total. The molecule has 16 heteroatoms. The van der Waals surface area contributed by atoms with Crippen molar-refractivity contribution in [2.45, 2.75) is 102 Å². The van der Waals surface area contributed by atoms with Crippen LogP contribution >= 0.6 is 0 Å². The van der Waals surface area contributed by atoms with Crippen LogP contribution in [0.3, 0.4) is 0 Å². The summed E-state index contributed by atoms with van der Waals surface area (Å²) in [7, 11) is 0. The number of nitrogens with zero attached hydrogens (tertiary/aromatic N) is 5. The molecule has 3 atom stereocenters. The smallest absolute Gasteiger partial charge is 0.262 e. The number of carbonyl (C=O) groups excluding carboxylic acids is 5. The van der Waals surface area contributed by atoms with Crippen LogP contribution in [-0.2, 0) is 33.9 Å². The highest BCUT2D eigenvalue weighted by Gasteiger charge is 2.46. The van der Waals surface area contributed by atoms with Crippen molar-refractivity contribution in [1.82, 2.24) is 24.9 Å². The van der Waals surface area contributed by atoms with E-state index in [1.54, 1.807) is 30.0 Å². The van der Waals surface area contributed by atoms with Gasteiger partial charge in [-0.15, -0.1) is 0 Å². The average Bonchev–Trinajstić information content (AvgIpc) is 3.74. The van der Waals surface area contributed by atoms with E-state index in [0.29, 0.717) is 62.3 Å². The Hall–Kier alpha value is -5.35. The zero-order valence-corrected chi connectivity index (χ0v) is 34.1. The van der Waals surface area contributed by atoms with E-state index in [-0.39, 0.29) is 53.1 Å². The fourth-order valence-electron chi connectivity index (χ4n) is 10.6. The average molecular weight is 845 g/mol. The maximum absolute atomic E-state index is 16.2. The molecule has 0 aliphatic carbocycles. The topological polar surface area (TPSA) is 134 Å². The molecule has 0 bridgehead atoms. The van der Waals surface area contributed by atoms with Crippen LogP contribution in [0.15, 0.2) is 42.5 Å². The van der Waals surface area contributed by atoms with Crippen LogP contribution < -0.4 is 10.2 Å². The fraction of sp³-hybridized carbons (Fsp3) is 0.489. The van der Waals surface area contributed by atoms with Crippen LogP contribution in [0.5, 0.6) is 5.75 Å². The van der Waals surface area contributed by atoms with E-state index in [4.69, 9.17) is 0 Å². The van der Waals surface area contributed by atoms with Crippen molar-refractivity contribution in [3.8, 4) is 5.75 Å². The normalized spacial score (nSPS) is 24.3. The van der Waals surface area contributed by atoms with Gasteiger partial charge >= 0.3 is 0 Å². The van der Waals surface area contributed by atoms with Crippen LogP contribution in [0.4, 0.5) is 23.2 Å². The summed E-state index contributed by atoms with van der Waals surface area (Å²) in [5.41, 5.74) is 3.23. The number of alkyl halides is 2. The maximum atomic E-state index is 16.2. The number of hydrogen-bond donors (Lipinski definition) is 2. The summed E-state index contributed by atoms with van der Waals surface area (Å²) in [5, 5.41) is 12.3. The Bertz CT molecular complexity index is 2270. The molecule has 0 spiro atoms. The first-order chi connectivity index (χ1) is 29.0. The van der Waals surface area contributed by atoms with Crippen molar-refractivity contribution in [3.05, 3.63) is 93.0 Å². The molecule has 3 fully saturated rings. The van der Waals surface area contributed by atoms with Gasteiger partial charge < -0.3 is 19.8 Å². The summed E-state index contributed by atoms with van der Waals surface area (Å²) in [6.07, 6.45) is 3.31. The molecular formula is C45H48F4N6O6. The number of likely N-dealkylation sites (tertiary alicyclic amines) is 1. The first-order valence-corrected chi connectivity index (χ1v) is 21.1. The van der Waals surface area contributed by atoms with E-state index in [2.05, 4.69) is 10.2 Å². The van der Waals surface area contributed by atoms with Gasteiger partial charge in [0.1, 0.15) is 23.4 Å². The number of amides is 5. The van der Waals surface area contributed by atoms with E-state index < -0.39 is 65.9 Å². The number of fused-ring (bicyclic) bond motifs is 3. The first kappa shape index (κ1) is 41.0. The number of piperidine rings is 3. The van der Waals surface area contributed by atoms with Gasteiger partial charge in [-0.05, 0) is 117 Å². The molecule has 3 aromatic carbocycles. The first-order valence-electron chi connectivity index (χ1n) is 21.1. The molecule has 322 valence electrons. The number of nitrogens with one attached hydrogen (secondary N) is 1. The molecule has 3 aromatic rings. The summed E-state index contributed by atoms with van der Waals surface area (Å²) in [5.74, 6) is -7.14. The molecule has 1 unspecified atom stereocenters. The lowest BCUT2D eigenvalue weighted by atomic mass is 9.84. The van der Waals surface area contributed by atoms with Crippen LogP contribution in [0.2, 0.25) is 0 Å². The molecule has 3 saturated heterocycles. The molecular weight excluding hydrogens is 797 g/mol. The number of aromatic hydroxyl groups is 1. The summed E-state index contributed by atoms with van der Waals surface area (Å²) < 4.78 is 61.2. The van der Waals surface area contributed by atoms with Crippen LogP contribution in [0.25, 0.3) is 0 Å². The number of hydrogen-bond acceptors (Lipinski definition) is 9. The lowest BCUT2D eigenvalue weighted by molar-refractivity contribution is -0.138. The summed E-state index contributed by atoms with van der Waals surface area (Å²) >= 11 is 0. The third-order valence-electron chi connectivity index (χ3n) is 13.7. The van der Waals surface area contributed by atoms with E-state index in [9.17, 15) is 37.9 Å².